The van der Waals surface area contributed by atoms with Crippen LogP contribution in [0.4, 0.5) is 0 Å². The Hall–Kier alpha value is -1.14. The molecule has 0 saturated heterocycles. The van der Waals surface area contributed by atoms with Crippen LogP contribution in [0.3, 0.4) is 0 Å². The second kappa shape index (κ2) is 10.3. The summed E-state index contributed by atoms with van der Waals surface area (Å²) in [6, 6.07) is 0. The van der Waals surface area contributed by atoms with Gasteiger partial charge in [-0.2, -0.15) is 0 Å². The zero-order valence-electron chi connectivity index (χ0n) is 18.4. The van der Waals surface area contributed by atoms with Crippen LogP contribution in [0.25, 0.3) is 0 Å². The normalized spacial score (nSPS) is 27.8. The van der Waals surface area contributed by atoms with Gasteiger partial charge < -0.3 is 20.1 Å². The van der Waals surface area contributed by atoms with Crippen LogP contribution in [0.1, 0.15) is 84.5 Å². The number of carbonyl (C=O) groups excluding carboxylic acids is 2. The van der Waals surface area contributed by atoms with E-state index in [1.165, 1.54) is 0 Å². The molecule has 6 heteroatoms. The minimum atomic E-state index is -0.221. The molecule has 166 valence electrons. The van der Waals surface area contributed by atoms with Gasteiger partial charge in [-0.3, -0.25) is 9.59 Å². The Morgan fingerprint density at radius 2 is 1.10 bits per heavy atom. The average molecular weight is 409 g/mol. The van der Waals surface area contributed by atoms with Gasteiger partial charge in [0, 0.05) is 38.1 Å². The molecule has 0 aromatic heterocycles. The molecule has 2 atom stereocenters. The van der Waals surface area contributed by atoms with E-state index in [2.05, 4.69) is 10.6 Å². The molecule has 3 aliphatic carbocycles. The zero-order chi connectivity index (χ0) is 20.7. The fourth-order valence-electron chi connectivity index (χ4n) is 5.74. The minimum absolute atomic E-state index is 0.0222. The van der Waals surface area contributed by atoms with Crippen molar-refractivity contribution < 1.29 is 19.1 Å². The fourth-order valence-corrected chi connectivity index (χ4v) is 5.74. The maximum absolute atomic E-state index is 12.9. The Morgan fingerprint density at radius 3 is 1.45 bits per heavy atom. The number of ether oxygens (including phenoxy) is 2. The summed E-state index contributed by atoms with van der Waals surface area (Å²) in [6.07, 6.45) is 11.2. The largest absolute Gasteiger partial charge is 0.373 e. The van der Waals surface area contributed by atoms with Crippen LogP contribution in [0, 0.1) is 11.8 Å². The summed E-state index contributed by atoms with van der Waals surface area (Å²) in [5.74, 6) is -0.397. The van der Waals surface area contributed by atoms with Gasteiger partial charge in [0.1, 0.15) is 0 Å². The molecule has 0 aromatic carbocycles. The van der Waals surface area contributed by atoms with Gasteiger partial charge in [0.25, 0.3) is 0 Å². The van der Waals surface area contributed by atoms with Crippen molar-refractivity contribution in [3.05, 3.63) is 0 Å². The molecule has 3 saturated carbocycles. The first-order chi connectivity index (χ1) is 14.0. The SMILES string of the molecule is CCOC1(CNC(=O)C2CCCC2C(=O)NCC2(OCC)CCCC2)CCCC1. The smallest absolute Gasteiger partial charge is 0.224 e. The van der Waals surface area contributed by atoms with Crippen molar-refractivity contribution in [1.29, 1.82) is 0 Å². The van der Waals surface area contributed by atoms with Gasteiger partial charge >= 0.3 is 0 Å². The van der Waals surface area contributed by atoms with Crippen molar-refractivity contribution in [2.75, 3.05) is 26.3 Å². The highest BCUT2D eigenvalue weighted by atomic mass is 16.5. The third-order valence-electron chi connectivity index (χ3n) is 7.29. The molecule has 2 amide bonds. The fraction of sp³-hybridized carbons (Fsp3) is 0.913. The van der Waals surface area contributed by atoms with Crippen LogP contribution in [0.15, 0.2) is 0 Å². The van der Waals surface area contributed by atoms with E-state index in [-0.39, 0.29) is 34.9 Å². The van der Waals surface area contributed by atoms with Gasteiger partial charge in [-0.1, -0.05) is 32.1 Å². The third-order valence-corrected chi connectivity index (χ3v) is 7.29. The number of nitrogens with one attached hydrogen (secondary N) is 2. The quantitative estimate of drug-likeness (QED) is 0.581. The number of amides is 2. The first kappa shape index (κ1) is 22.5. The van der Waals surface area contributed by atoms with Crippen molar-refractivity contribution in [1.82, 2.24) is 10.6 Å². The molecule has 3 fully saturated rings. The highest BCUT2D eigenvalue weighted by Gasteiger charge is 2.41. The van der Waals surface area contributed by atoms with Gasteiger partial charge in [0.05, 0.1) is 11.2 Å². The lowest BCUT2D eigenvalue weighted by molar-refractivity contribution is -0.135. The number of carbonyl (C=O) groups is 2. The van der Waals surface area contributed by atoms with Crippen molar-refractivity contribution in [3.8, 4) is 0 Å². The Bertz CT molecular complexity index is 505. The van der Waals surface area contributed by atoms with Crippen molar-refractivity contribution in [2.45, 2.75) is 95.7 Å². The maximum atomic E-state index is 12.9. The molecular formula is C23H40N2O4. The Balaban J connectivity index is 1.51. The van der Waals surface area contributed by atoms with E-state index >= 15 is 0 Å². The van der Waals surface area contributed by atoms with E-state index in [4.69, 9.17) is 9.47 Å². The second-order valence-corrected chi connectivity index (χ2v) is 9.23. The van der Waals surface area contributed by atoms with Gasteiger partial charge in [0.15, 0.2) is 0 Å². The molecule has 3 rings (SSSR count). The summed E-state index contributed by atoms with van der Waals surface area (Å²) < 4.78 is 12.0. The monoisotopic (exact) mass is 408 g/mol. The molecule has 2 unspecified atom stereocenters. The standard InChI is InChI=1S/C23H40N2O4/c1-3-28-22(12-5-6-13-22)16-24-20(26)18-10-9-11-19(18)21(27)25-17-23(29-4-2)14-7-8-15-23/h18-19H,3-17H2,1-2H3,(H,24,26)(H,25,27). The molecule has 3 aliphatic rings. The Kier molecular flexibility index (Phi) is 7.97. The van der Waals surface area contributed by atoms with E-state index in [0.717, 1.165) is 70.6 Å². The summed E-state index contributed by atoms with van der Waals surface area (Å²) in [5.41, 5.74) is -0.403. The van der Waals surface area contributed by atoms with Crippen molar-refractivity contribution in [3.63, 3.8) is 0 Å². The first-order valence-corrected chi connectivity index (χ1v) is 11.9. The van der Waals surface area contributed by atoms with E-state index in [9.17, 15) is 9.59 Å². The summed E-state index contributed by atoms with van der Waals surface area (Å²) in [7, 11) is 0. The molecule has 0 aromatic rings. The van der Waals surface area contributed by atoms with Crippen LogP contribution in [0.2, 0.25) is 0 Å². The summed E-state index contributed by atoms with van der Waals surface area (Å²) in [6.45, 7) is 6.50. The third kappa shape index (κ3) is 5.52. The van der Waals surface area contributed by atoms with Crippen molar-refractivity contribution >= 4 is 11.8 Å². The Morgan fingerprint density at radius 1 is 0.724 bits per heavy atom. The van der Waals surface area contributed by atoms with E-state index in [0.29, 0.717) is 26.3 Å². The predicted octanol–water partition coefficient (Wildman–Crippen LogP) is 3.33. The lowest BCUT2D eigenvalue weighted by Crippen LogP contribution is -2.48. The maximum Gasteiger partial charge on any atom is 0.224 e. The first-order valence-electron chi connectivity index (χ1n) is 11.9. The van der Waals surface area contributed by atoms with E-state index < -0.39 is 0 Å². The van der Waals surface area contributed by atoms with Crippen LogP contribution in [-0.2, 0) is 19.1 Å². The molecule has 0 aliphatic heterocycles. The summed E-state index contributed by atoms with van der Waals surface area (Å²) in [5, 5.41) is 6.27. The number of hydrogen-bond acceptors (Lipinski definition) is 4. The van der Waals surface area contributed by atoms with Crippen LogP contribution in [-0.4, -0.2) is 49.3 Å². The summed E-state index contributed by atoms with van der Waals surface area (Å²) in [4.78, 5) is 25.8. The number of hydrogen-bond donors (Lipinski definition) is 2. The highest BCUT2D eigenvalue weighted by molar-refractivity contribution is 5.88. The van der Waals surface area contributed by atoms with E-state index in [1.807, 2.05) is 13.8 Å². The highest BCUT2D eigenvalue weighted by Crippen LogP contribution is 2.36. The molecule has 0 bridgehead atoms. The molecular weight excluding hydrogens is 368 g/mol. The Labute approximate surface area is 175 Å². The van der Waals surface area contributed by atoms with Gasteiger partial charge in [-0.15, -0.1) is 0 Å². The second-order valence-electron chi connectivity index (χ2n) is 9.23. The molecule has 2 N–H and O–H groups in total. The van der Waals surface area contributed by atoms with E-state index in [1.54, 1.807) is 0 Å². The lowest BCUT2D eigenvalue weighted by Gasteiger charge is -2.31. The van der Waals surface area contributed by atoms with Gasteiger partial charge in [-0.05, 0) is 52.4 Å². The van der Waals surface area contributed by atoms with Crippen LogP contribution in [0.5, 0.6) is 0 Å². The molecule has 6 nitrogen and oxygen atoms in total. The predicted molar refractivity (Wildman–Crippen MR) is 113 cm³/mol. The van der Waals surface area contributed by atoms with Gasteiger partial charge in [-0.25, -0.2) is 0 Å². The molecule has 0 radical (unpaired) electrons. The molecule has 0 heterocycles. The van der Waals surface area contributed by atoms with Crippen molar-refractivity contribution in [2.24, 2.45) is 11.8 Å². The van der Waals surface area contributed by atoms with Gasteiger partial charge in [0.2, 0.25) is 11.8 Å². The topological polar surface area (TPSA) is 76.7 Å². The molecule has 0 spiro atoms. The molecule has 29 heavy (non-hydrogen) atoms. The van der Waals surface area contributed by atoms with Crippen LogP contribution >= 0.6 is 0 Å². The number of rotatable bonds is 10. The zero-order valence-corrected chi connectivity index (χ0v) is 18.4. The summed E-state index contributed by atoms with van der Waals surface area (Å²) >= 11 is 0. The average Bonchev–Trinajstić information content (AvgIpc) is 3.46. The minimum Gasteiger partial charge on any atom is -0.373 e. The van der Waals surface area contributed by atoms with Crippen LogP contribution < -0.4 is 10.6 Å². The lowest BCUT2D eigenvalue weighted by atomic mass is 9.93.